The number of hydrogen-bond donors (Lipinski definition) is 2. The van der Waals surface area contributed by atoms with Crippen molar-refractivity contribution in [2.75, 3.05) is 38.2 Å². The summed E-state index contributed by atoms with van der Waals surface area (Å²) in [5.41, 5.74) is 1.80. The van der Waals surface area contributed by atoms with Crippen molar-refractivity contribution in [2.24, 2.45) is 0 Å². The second-order valence-corrected chi connectivity index (χ2v) is 12.0. The highest BCUT2D eigenvalue weighted by Gasteiger charge is 2.26. The van der Waals surface area contributed by atoms with Crippen molar-refractivity contribution in [2.45, 2.75) is 57.2 Å². The number of anilines is 1. The number of benzene rings is 1. The molecule has 3 aromatic heterocycles. The summed E-state index contributed by atoms with van der Waals surface area (Å²) in [6, 6.07) is 9.93. The summed E-state index contributed by atoms with van der Waals surface area (Å²) in [5, 5.41) is 15.4. The Morgan fingerprint density at radius 2 is 1.91 bits per heavy atom. The molecular formula is C32H36ClF2N7O4. The first-order valence-electron chi connectivity index (χ1n) is 15.5. The number of piperidine rings is 1. The fourth-order valence-electron chi connectivity index (χ4n) is 6.07. The van der Waals surface area contributed by atoms with Gasteiger partial charge in [-0.05, 0) is 69.0 Å². The molecule has 2 saturated heterocycles. The number of carbonyl (C=O) groups excluding carboxylic acids is 2. The van der Waals surface area contributed by atoms with E-state index < -0.39 is 12.5 Å². The lowest BCUT2D eigenvalue weighted by atomic mass is 10.0. The minimum Gasteiger partial charge on any atom is -0.434 e. The van der Waals surface area contributed by atoms with E-state index in [1.54, 1.807) is 27.7 Å². The van der Waals surface area contributed by atoms with E-state index in [2.05, 4.69) is 20.6 Å². The van der Waals surface area contributed by atoms with Gasteiger partial charge in [0, 0.05) is 61.7 Å². The van der Waals surface area contributed by atoms with Gasteiger partial charge in [-0.1, -0.05) is 17.7 Å². The van der Waals surface area contributed by atoms with Crippen molar-refractivity contribution in [1.82, 2.24) is 29.6 Å². The number of rotatable bonds is 11. The maximum Gasteiger partial charge on any atom is 0.387 e. The number of hydrogen-bond acceptors (Lipinski definition) is 7. The lowest BCUT2D eigenvalue weighted by Gasteiger charge is -2.32. The number of fused-ring (bicyclic) bond motifs is 1. The van der Waals surface area contributed by atoms with E-state index in [-0.39, 0.29) is 35.0 Å². The maximum absolute atomic E-state index is 13.5. The summed E-state index contributed by atoms with van der Waals surface area (Å²) in [7, 11) is 0. The Bertz CT molecular complexity index is 1670. The summed E-state index contributed by atoms with van der Waals surface area (Å²) >= 11 is 6.28. The number of nitrogens with one attached hydrogen (secondary N) is 2. The normalized spacial score (nSPS) is 16.6. The van der Waals surface area contributed by atoms with Gasteiger partial charge in [0.25, 0.3) is 5.91 Å². The van der Waals surface area contributed by atoms with Crippen LogP contribution in [0.15, 0.2) is 55.0 Å². The van der Waals surface area contributed by atoms with Crippen LogP contribution >= 0.6 is 11.6 Å². The van der Waals surface area contributed by atoms with Crippen LogP contribution in [0.25, 0.3) is 16.8 Å². The van der Waals surface area contributed by atoms with Crippen LogP contribution in [0.2, 0.25) is 5.02 Å². The van der Waals surface area contributed by atoms with Crippen LogP contribution in [-0.2, 0) is 9.53 Å². The maximum atomic E-state index is 13.5. The van der Waals surface area contributed by atoms with Crippen LogP contribution in [0, 0.1) is 0 Å². The number of likely N-dealkylation sites (tertiary alicyclic amines) is 1. The summed E-state index contributed by atoms with van der Waals surface area (Å²) < 4.78 is 40.2. The monoisotopic (exact) mass is 655 g/mol. The van der Waals surface area contributed by atoms with E-state index in [0.717, 1.165) is 51.7 Å². The Kier molecular flexibility index (Phi) is 10.1. The lowest BCUT2D eigenvalue weighted by molar-refractivity contribution is -0.122. The molecule has 2 N–H and O–H groups in total. The lowest BCUT2D eigenvalue weighted by Crippen LogP contribution is -2.39. The van der Waals surface area contributed by atoms with Gasteiger partial charge >= 0.3 is 6.61 Å². The van der Waals surface area contributed by atoms with E-state index in [4.69, 9.17) is 26.2 Å². The molecular weight excluding hydrogens is 620 g/mol. The first-order valence-corrected chi connectivity index (χ1v) is 15.9. The minimum atomic E-state index is -3.06. The van der Waals surface area contributed by atoms with E-state index in [1.807, 2.05) is 12.1 Å². The van der Waals surface area contributed by atoms with Crippen LogP contribution in [0.3, 0.4) is 0 Å². The number of pyridine rings is 1. The van der Waals surface area contributed by atoms with Gasteiger partial charge < -0.3 is 25.0 Å². The SMILES string of the molecule is O=C(CCCN1CCC(n2cc(NC(=O)c3cnn4ccccc34)c(-c3cc(Cl)ccc3OC(F)F)n2)CC1)NC1CCOCC1. The van der Waals surface area contributed by atoms with Crippen molar-refractivity contribution in [1.29, 1.82) is 0 Å². The molecule has 2 aliphatic heterocycles. The predicted octanol–water partition coefficient (Wildman–Crippen LogP) is 5.42. The Morgan fingerprint density at radius 3 is 2.70 bits per heavy atom. The number of aromatic nitrogens is 4. The summed E-state index contributed by atoms with van der Waals surface area (Å²) in [6.07, 6.45) is 9.49. The van der Waals surface area contributed by atoms with Crippen LogP contribution in [0.1, 0.15) is 54.9 Å². The smallest absolute Gasteiger partial charge is 0.387 e. The zero-order valence-electron chi connectivity index (χ0n) is 25.2. The second-order valence-electron chi connectivity index (χ2n) is 11.6. The molecule has 0 radical (unpaired) electrons. The van der Waals surface area contributed by atoms with E-state index in [0.29, 0.717) is 41.4 Å². The molecule has 1 aromatic carbocycles. The molecule has 14 heteroatoms. The molecule has 46 heavy (non-hydrogen) atoms. The van der Waals surface area contributed by atoms with Gasteiger partial charge in [-0.15, -0.1) is 0 Å². The van der Waals surface area contributed by atoms with Gasteiger partial charge in [-0.25, -0.2) is 4.52 Å². The van der Waals surface area contributed by atoms with Crippen molar-refractivity contribution in [3.63, 3.8) is 0 Å². The summed E-state index contributed by atoms with van der Waals surface area (Å²) in [5.74, 6) is -0.441. The highest BCUT2D eigenvalue weighted by Crippen LogP contribution is 2.38. The quantitative estimate of drug-likeness (QED) is 0.222. The Morgan fingerprint density at radius 1 is 1.11 bits per heavy atom. The van der Waals surface area contributed by atoms with E-state index in [9.17, 15) is 18.4 Å². The standard InChI is InChI=1S/C32H36ClF2N7O4/c33-21-6-7-28(46-32(34)35)24(18-21)30-26(38-31(44)25-19-36-41-13-2-1-4-27(25)41)20-42(39-30)23-8-14-40(15-9-23)12-3-5-29(43)37-22-10-16-45-17-11-22/h1-2,4,6-7,13,18-20,22-23,32H,3,5,8-12,14-17H2,(H,37,43)(H,38,44). The van der Waals surface area contributed by atoms with E-state index >= 15 is 0 Å². The molecule has 2 aliphatic rings. The van der Waals surface area contributed by atoms with Crippen LogP contribution in [0.5, 0.6) is 5.75 Å². The summed E-state index contributed by atoms with van der Waals surface area (Å²) in [4.78, 5) is 28.2. The molecule has 11 nitrogen and oxygen atoms in total. The molecule has 0 aliphatic carbocycles. The highest BCUT2D eigenvalue weighted by molar-refractivity contribution is 6.31. The zero-order valence-corrected chi connectivity index (χ0v) is 26.0. The third kappa shape index (κ3) is 7.65. The first kappa shape index (κ1) is 31.9. The third-order valence-electron chi connectivity index (χ3n) is 8.46. The van der Waals surface area contributed by atoms with Crippen molar-refractivity contribution >= 4 is 34.6 Å². The summed E-state index contributed by atoms with van der Waals surface area (Å²) in [6.45, 7) is 0.756. The van der Waals surface area contributed by atoms with Gasteiger partial charge in [0.1, 0.15) is 11.4 Å². The van der Waals surface area contributed by atoms with Crippen LogP contribution in [-0.4, -0.2) is 81.6 Å². The number of ether oxygens (including phenoxy) is 2. The first-order chi connectivity index (χ1) is 22.3. The van der Waals surface area contributed by atoms with Crippen molar-refractivity contribution in [3.05, 3.63) is 65.6 Å². The fourth-order valence-corrected chi connectivity index (χ4v) is 6.24. The average molecular weight is 656 g/mol. The highest BCUT2D eigenvalue weighted by atomic mass is 35.5. The number of nitrogens with zero attached hydrogens (tertiary/aromatic N) is 5. The topological polar surface area (TPSA) is 115 Å². The zero-order chi connectivity index (χ0) is 32.0. The second kappa shape index (κ2) is 14.6. The van der Waals surface area contributed by atoms with Gasteiger partial charge in [-0.3, -0.25) is 14.3 Å². The fraction of sp³-hybridized carbons (Fsp3) is 0.438. The number of carbonyl (C=O) groups is 2. The van der Waals surface area contributed by atoms with Gasteiger partial charge in [0.2, 0.25) is 5.91 Å². The molecule has 2 amide bonds. The average Bonchev–Trinajstić information content (AvgIpc) is 3.67. The van der Waals surface area contributed by atoms with Gasteiger partial charge in [0.05, 0.1) is 29.0 Å². The number of amides is 2. The third-order valence-corrected chi connectivity index (χ3v) is 8.69. The van der Waals surface area contributed by atoms with Crippen LogP contribution < -0.4 is 15.4 Å². The van der Waals surface area contributed by atoms with E-state index in [1.165, 1.54) is 24.4 Å². The molecule has 6 rings (SSSR count). The van der Waals surface area contributed by atoms with Crippen molar-refractivity contribution < 1.29 is 27.8 Å². The van der Waals surface area contributed by atoms with Gasteiger partial charge in [0.15, 0.2) is 0 Å². The minimum absolute atomic E-state index is 0.00750. The number of alkyl halides is 2. The molecule has 4 aromatic rings. The number of halogens is 3. The Labute approximate surface area is 269 Å². The predicted molar refractivity (Wildman–Crippen MR) is 168 cm³/mol. The molecule has 2 fully saturated rings. The Balaban J connectivity index is 1.15. The van der Waals surface area contributed by atoms with Gasteiger partial charge in [-0.2, -0.15) is 19.0 Å². The molecule has 0 bridgehead atoms. The molecule has 0 atom stereocenters. The largest absolute Gasteiger partial charge is 0.434 e. The van der Waals surface area contributed by atoms with Crippen molar-refractivity contribution in [3.8, 4) is 17.0 Å². The van der Waals surface area contributed by atoms with Crippen LogP contribution in [0.4, 0.5) is 14.5 Å². The Hall–Kier alpha value is -4.07. The molecule has 0 spiro atoms. The molecule has 0 saturated carbocycles. The molecule has 244 valence electrons. The molecule has 5 heterocycles. The molecule has 0 unspecified atom stereocenters.